The number of carbonyl (C=O) groups excluding carboxylic acids is 1. The van der Waals surface area contributed by atoms with Gasteiger partial charge >= 0.3 is 6.03 Å². The number of hydrogen-bond donors (Lipinski definition) is 1. The third-order valence-electron chi connectivity index (χ3n) is 2.68. The first-order valence-electron chi connectivity index (χ1n) is 5.46. The van der Waals surface area contributed by atoms with Crippen molar-refractivity contribution in [2.45, 2.75) is 6.92 Å². The highest BCUT2D eigenvalue weighted by atomic mass is 16.5. The van der Waals surface area contributed by atoms with E-state index in [1.807, 2.05) is 31.2 Å². The van der Waals surface area contributed by atoms with Gasteiger partial charge < -0.3 is 15.0 Å². The predicted octanol–water partition coefficient (Wildman–Crippen LogP) is 1.86. The minimum Gasteiger partial charge on any atom is -0.378 e. The Hall–Kier alpha value is -1.55. The summed E-state index contributed by atoms with van der Waals surface area (Å²) in [5.74, 6) is 0. The summed E-state index contributed by atoms with van der Waals surface area (Å²) in [5.41, 5.74) is 1.95. The van der Waals surface area contributed by atoms with Crippen LogP contribution >= 0.6 is 0 Å². The van der Waals surface area contributed by atoms with E-state index in [0.717, 1.165) is 11.3 Å². The van der Waals surface area contributed by atoms with E-state index in [9.17, 15) is 4.79 Å². The maximum absolute atomic E-state index is 11.9. The number of nitrogens with one attached hydrogen (secondary N) is 1. The number of urea groups is 1. The number of morpholine rings is 1. The van der Waals surface area contributed by atoms with Gasteiger partial charge in [-0.25, -0.2) is 4.79 Å². The molecule has 86 valence electrons. The molecule has 0 unspecified atom stereocenters. The standard InChI is InChI=1S/C12H16N2O2/c1-10-4-2-3-5-11(10)13-12(15)14-6-8-16-9-7-14/h2-5H,6-9H2,1H3,(H,13,15). The zero-order valence-electron chi connectivity index (χ0n) is 9.40. The summed E-state index contributed by atoms with van der Waals surface area (Å²) in [4.78, 5) is 13.7. The number of benzene rings is 1. The van der Waals surface area contributed by atoms with Gasteiger partial charge in [0.25, 0.3) is 0 Å². The van der Waals surface area contributed by atoms with E-state index in [-0.39, 0.29) is 6.03 Å². The number of carbonyl (C=O) groups is 1. The van der Waals surface area contributed by atoms with Crippen LogP contribution in [0.2, 0.25) is 0 Å². The number of para-hydroxylation sites is 1. The van der Waals surface area contributed by atoms with Crippen molar-refractivity contribution in [2.24, 2.45) is 0 Å². The summed E-state index contributed by atoms with van der Waals surface area (Å²) in [5, 5.41) is 2.91. The Kier molecular flexibility index (Phi) is 3.41. The summed E-state index contributed by atoms with van der Waals surface area (Å²) in [6, 6.07) is 7.72. The van der Waals surface area contributed by atoms with Crippen LogP contribution in [0.15, 0.2) is 24.3 Å². The van der Waals surface area contributed by atoms with Crippen molar-refractivity contribution in [1.82, 2.24) is 4.90 Å². The second-order valence-corrected chi connectivity index (χ2v) is 3.84. The Morgan fingerprint density at radius 3 is 2.69 bits per heavy atom. The second kappa shape index (κ2) is 4.99. The molecule has 4 heteroatoms. The van der Waals surface area contributed by atoms with E-state index in [2.05, 4.69) is 5.32 Å². The van der Waals surface area contributed by atoms with Crippen LogP contribution in [-0.4, -0.2) is 37.2 Å². The van der Waals surface area contributed by atoms with Crippen molar-refractivity contribution < 1.29 is 9.53 Å². The van der Waals surface area contributed by atoms with E-state index in [1.54, 1.807) is 4.90 Å². The molecule has 1 heterocycles. The second-order valence-electron chi connectivity index (χ2n) is 3.84. The van der Waals surface area contributed by atoms with E-state index >= 15 is 0 Å². The highest BCUT2D eigenvalue weighted by Gasteiger charge is 2.16. The lowest BCUT2D eigenvalue weighted by atomic mass is 10.2. The minimum absolute atomic E-state index is 0.0439. The van der Waals surface area contributed by atoms with Gasteiger partial charge in [0.1, 0.15) is 0 Å². The third-order valence-corrected chi connectivity index (χ3v) is 2.68. The summed E-state index contributed by atoms with van der Waals surface area (Å²) >= 11 is 0. The Morgan fingerprint density at radius 1 is 1.31 bits per heavy atom. The number of anilines is 1. The van der Waals surface area contributed by atoms with Gasteiger partial charge in [0, 0.05) is 18.8 Å². The minimum atomic E-state index is -0.0439. The monoisotopic (exact) mass is 220 g/mol. The Labute approximate surface area is 95.2 Å². The normalized spacial score (nSPS) is 15.9. The van der Waals surface area contributed by atoms with Gasteiger partial charge in [0.2, 0.25) is 0 Å². The van der Waals surface area contributed by atoms with Gasteiger partial charge in [0.05, 0.1) is 13.2 Å². The molecule has 0 radical (unpaired) electrons. The number of aryl methyl sites for hydroxylation is 1. The van der Waals surface area contributed by atoms with Crippen LogP contribution in [0.4, 0.5) is 10.5 Å². The van der Waals surface area contributed by atoms with Crippen LogP contribution in [0.25, 0.3) is 0 Å². The average molecular weight is 220 g/mol. The molecule has 16 heavy (non-hydrogen) atoms. The molecule has 0 spiro atoms. The molecule has 1 aliphatic rings. The van der Waals surface area contributed by atoms with E-state index in [4.69, 9.17) is 4.74 Å². The fraction of sp³-hybridized carbons (Fsp3) is 0.417. The van der Waals surface area contributed by atoms with Crippen LogP contribution in [0.1, 0.15) is 5.56 Å². The largest absolute Gasteiger partial charge is 0.378 e. The molecule has 1 aromatic carbocycles. The molecule has 1 saturated heterocycles. The van der Waals surface area contributed by atoms with Crippen LogP contribution < -0.4 is 5.32 Å². The van der Waals surface area contributed by atoms with E-state index in [1.165, 1.54) is 0 Å². The highest BCUT2D eigenvalue weighted by molar-refractivity contribution is 5.90. The van der Waals surface area contributed by atoms with Crippen molar-refractivity contribution in [3.63, 3.8) is 0 Å². The quantitative estimate of drug-likeness (QED) is 0.784. The molecule has 1 aliphatic heterocycles. The molecule has 0 bridgehead atoms. The Morgan fingerprint density at radius 2 is 2.00 bits per heavy atom. The zero-order valence-corrected chi connectivity index (χ0v) is 9.40. The molecular formula is C12H16N2O2. The van der Waals surface area contributed by atoms with Crippen molar-refractivity contribution in [2.75, 3.05) is 31.6 Å². The number of rotatable bonds is 1. The van der Waals surface area contributed by atoms with Crippen LogP contribution in [0.5, 0.6) is 0 Å². The van der Waals surface area contributed by atoms with Crippen molar-refractivity contribution >= 4 is 11.7 Å². The van der Waals surface area contributed by atoms with E-state index < -0.39 is 0 Å². The third kappa shape index (κ3) is 2.52. The average Bonchev–Trinajstić information content (AvgIpc) is 2.33. The molecule has 0 aliphatic carbocycles. The van der Waals surface area contributed by atoms with E-state index in [0.29, 0.717) is 26.3 Å². The van der Waals surface area contributed by atoms with Crippen LogP contribution in [0, 0.1) is 6.92 Å². The maximum Gasteiger partial charge on any atom is 0.322 e. The fourth-order valence-electron chi connectivity index (χ4n) is 1.67. The maximum atomic E-state index is 11.9. The lowest BCUT2D eigenvalue weighted by Crippen LogP contribution is -2.43. The highest BCUT2D eigenvalue weighted by Crippen LogP contribution is 2.14. The SMILES string of the molecule is Cc1ccccc1NC(=O)N1CCOCC1. The smallest absolute Gasteiger partial charge is 0.322 e. The van der Waals surface area contributed by atoms with Crippen molar-refractivity contribution in [3.05, 3.63) is 29.8 Å². The first kappa shape index (κ1) is 11.0. The van der Waals surface area contributed by atoms with Gasteiger partial charge in [-0.3, -0.25) is 0 Å². The Bertz CT molecular complexity index is 373. The molecule has 1 aromatic rings. The van der Waals surface area contributed by atoms with Crippen LogP contribution in [-0.2, 0) is 4.74 Å². The Balaban J connectivity index is 1.99. The summed E-state index contributed by atoms with van der Waals surface area (Å²) in [6.45, 7) is 4.56. The van der Waals surface area contributed by atoms with Gasteiger partial charge in [-0.05, 0) is 18.6 Å². The fourth-order valence-corrected chi connectivity index (χ4v) is 1.67. The van der Waals surface area contributed by atoms with Gasteiger partial charge in [-0.15, -0.1) is 0 Å². The molecular weight excluding hydrogens is 204 g/mol. The number of amides is 2. The molecule has 2 rings (SSSR count). The number of ether oxygens (including phenoxy) is 1. The number of hydrogen-bond acceptors (Lipinski definition) is 2. The van der Waals surface area contributed by atoms with Gasteiger partial charge in [-0.2, -0.15) is 0 Å². The first-order chi connectivity index (χ1) is 7.77. The number of nitrogens with zero attached hydrogens (tertiary/aromatic N) is 1. The van der Waals surface area contributed by atoms with Crippen LogP contribution in [0.3, 0.4) is 0 Å². The first-order valence-corrected chi connectivity index (χ1v) is 5.46. The van der Waals surface area contributed by atoms with Crippen molar-refractivity contribution in [3.8, 4) is 0 Å². The summed E-state index contributed by atoms with van der Waals surface area (Å²) < 4.78 is 5.20. The summed E-state index contributed by atoms with van der Waals surface area (Å²) in [7, 11) is 0. The summed E-state index contributed by atoms with van der Waals surface area (Å²) in [6.07, 6.45) is 0. The molecule has 1 N–H and O–H groups in total. The lowest BCUT2D eigenvalue weighted by Gasteiger charge is -2.27. The molecule has 4 nitrogen and oxygen atoms in total. The van der Waals surface area contributed by atoms with Gasteiger partial charge in [-0.1, -0.05) is 18.2 Å². The topological polar surface area (TPSA) is 41.6 Å². The van der Waals surface area contributed by atoms with Crippen molar-refractivity contribution in [1.29, 1.82) is 0 Å². The zero-order chi connectivity index (χ0) is 11.4. The molecule has 1 fully saturated rings. The molecule has 0 saturated carbocycles. The lowest BCUT2D eigenvalue weighted by molar-refractivity contribution is 0.0564. The molecule has 0 aromatic heterocycles. The van der Waals surface area contributed by atoms with Gasteiger partial charge in [0.15, 0.2) is 0 Å². The predicted molar refractivity (Wildman–Crippen MR) is 62.6 cm³/mol. The molecule has 0 atom stereocenters. The molecule has 2 amide bonds.